The van der Waals surface area contributed by atoms with Crippen molar-refractivity contribution in [3.63, 3.8) is 0 Å². The predicted molar refractivity (Wildman–Crippen MR) is 78.2 cm³/mol. The van der Waals surface area contributed by atoms with E-state index in [4.69, 9.17) is 4.74 Å². The van der Waals surface area contributed by atoms with Gasteiger partial charge in [0.15, 0.2) is 0 Å². The van der Waals surface area contributed by atoms with Crippen LogP contribution in [0.3, 0.4) is 0 Å². The summed E-state index contributed by atoms with van der Waals surface area (Å²) < 4.78 is 18.7. The average molecular weight is 297 g/mol. The van der Waals surface area contributed by atoms with Crippen molar-refractivity contribution in [2.24, 2.45) is 0 Å². The molecule has 1 aliphatic heterocycles. The van der Waals surface area contributed by atoms with Crippen LogP contribution in [-0.2, 0) is 4.74 Å². The number of hydrogen-bond donors (Lipinski definition) is 1. The molecule has 0 aromatic heterocycles. The number of methoxy groups -OCH3 is 1. The molecule has 6 nitrogen and oxygen atoms in total. The number of hydrogen-bond acceptors (Lipinski definition) is 5. The Bertz CT molecular complexity index is 492. The third-order valence-electron chi connectivity index (χ3n) is 3.61. The van der Waals surface area contributed by atoms with Crippen LogP contribution in [0.15, 0.2) is 18.2 Å². The van der Waals surface area contributed by atoms with Gasteiger partial charge in [0.05, 0.1) is 17.6 Å². The molecule has 0 saturated carbocycles. The van der Waals surface area contributed by atoms with Gasteiger partial charge >= 0.3 is 0 Å². The van der Waals surface area contributed by atoms with Gasteiger partial charge in [-0.05, 0) is 25.5 Å². The molecule has 1 unspecified atom stereocenters. The number of nitrogens with zero attached hydrogens (tertiary/aromatic N) is 2. The first-order chi connectivity index (χ1) is 10.1. The second kappa shape index (κ2) is 7.33. The van der Waals surface area contributed by atoms with Gasteiger partial charge in [-0.25, -0.2) is 4.39 Å². The van der Waals surface area contributed by atoms with Crippen LogP contribution in [0.25, 0.3) is 0 Å². The zero-order valence-electron chi connectivity index (χ0n) is 12.0. The molecule has 116 valence electrons. The number of rotatable bonds is 7. The average Bonchev–Trinajstić information content (AvgIpc) is 2.95. The van der Waals surface area contributed by atoms with Gasteiger partial charge in [-0.2, -0.15) is 0 Å². The Morgan fingerprint density at radius 1 is 1.52 bits per heavy atom. The second-order valence-electron chi connectivity index (χ2n) is 5.16. The molecule has 0 radical (unpaired) electrons. The zero-order chi connectivity index (χ0) is 15.2. The molecule has 0 amide bonds. The molecule has 0 bridgehead atoms. The number of anilines is 1. The van der Waals surface area contributed by atoms with Crippen LogP contribution in [0.5, 0.6) is 0 Å². The fourth-order valence-corrected chi connectivity index (χ4v) is 2.55. The van der Waals surface area contributed by atoms with Gasteiger partial charge < -0.3 is 15.0 Å². The molecule has 1 atom stereocenters. The highest BCUT2D eigenvalue weighted by molar-refractivity contribution is 5.54. The molecule has 1 aromatic carbocycles. The Hall–Kier alpha value is -1.73. The molecule has 1 saturated heterocycles. The van der Waals surface area contributed by atoms with Crippen molar-refractivity contribution in [2.45, 2.75) is 18.9 Å². The lowest BCUT2D eigenvalue weighted by atomic mass is 10.2. The van der Waals surface area contributed by atoms with Crippen molar-refractivity contribution in [1.82, 2.24) is 5.32 Å². The maximum absolute atomic E-state index is 13.6. The van der Waals surface area contributed by atoms with E-state index in [1.807, 2.05) is 4.90 Å². The number of ether oxygens (including phenoxy) is 1. The molecule has 1 aliphatic rings. The van der Waals surface area contributed by atoms with Crippen molar-refractivity contribution in [2.75, 3.05) is 38.3 Å². The Morgan fingerprint density at radius 2 is 2.33 bits per heavy atom. The molecule has 1 aromatic rings. The highest BCUT2D eigenvalue weighted by Crippen LogP contribution is 2.24. The molecule has 1 N–H and O–H groups in total. The summed E-state index contributed by atoms with van der Waals surface area (Å²) in [5.41, 5.74) is 0.291. The minimum absolute atomic E-state index is 0.230. The zero-order valence-corrected chi connectivity index (χ0v) is 12.0. The van der Waals surface area contributed by atoms with Gasteiger partial charge in [0.25, 0.3) is 5.69 Å². The molecule has 0 aliphatic carbocycles. The van der Waals surface area contributed by atoms with Crippen molar-refractivity contribution in [1.29, 1.82) is 0 Å². The lowest BCUT2D eigenvalue weighted by Crippen LogP contribution is -2.39. The monoisotopic (exact) mass is 297 g/mol. The van der Waals surface area contributed by atoms with E-state index in [0.29, 0.717) is 31.4 Å². The molecule has 2 rings (SSSR count). The van der Waals surface area contributed by atoms with Crippen LogP contribution in [-0.4, -0.2) is 44.3 Å². The number of benzene rings is 1. The highest BCUT2D eigenvalue weighted by Gasteiger charge is 2.20. The van der Waals surface area contributed by atoms with Gasteiger partial charge in [0.2, 0.25) is 0 Å². The second-order valence-corrected chi connectivity index (χ2v) is 5.16. The first kappa shape index (κ1) is 15.7. The fourth-order valence-electron chi connectivity index (χ4n) is 2.55. The third-order valence-corrected chi connectivity index (χ3v) is 3.61. The van der Waals surface area contributed by atoms with E-state index in [1.54, 1.807) is 7.11 Å². The van der Waals surface area contributed by atoms with Crippen molar-refractivity contribution >= 4 is 11.4 Å². The summed E-state index contributed by atoms with van der Waals surface area (Å²) in [6.45, 7) is 2.71. The van der Waals surface area contributed by atoms with E-state index in [0.717, 1.165) is 25.5 Å². The van der Waals surface area contributed by atoms with Crippen molar-refractivity contribution in [3.05, 3.63) is 34.1 Å². The van der Waals surface area contributed by atoms with Crippen molar-refractivity contribution < 1.29 is 14.1 Å². The van der Waals surface area contributed by atoms with Crippen LogP contribution in [0.4, 0.5) is 15.8 Å². The quantitative estimate of drug-likeness (QED) is 0.615. The SMILES string of the molecule is COCCN(CC1CCCN1)c1cc(F)cc([N+](=O)[O-])c1. The minimum atomic E-state index is -0.596. The summed E-state index contributed by atoms with van der Waals surface area (Å²) in [6.07, 6.45) is 2.17. The van der Waals surface area contributed by atoms with E-state index >= 15 is 0 Å². The molecule has 1 heterocycles. The van der Waals surface area contributed by atoms with Crippen LogP contribution >= 0.6 is 0 Å². The van der Waals surface area contributed by atoms with Crippen LogP contribution in [0.1, 0.15) is 12.8 Å². The van der Waals surface area contributed by atoms with E-state index in [9.17, 15) is 14.5 Å². The van der Waals surface area contributed by atoms with Gasteiger partial charge in [0.1, 0.15) is 5.82 Å². The van der Waals surface area contributed by atoms with E-state index in [2.05, 4.69) is 5.32 Å². The lowest BCUT2D eigenvalue weighted by molar-refractivity contribution is -0.385. The van der Waals surface area contributed by atoms with Crippen molar-refractivity contribution in [3.8, 4) is 0 Å². The van der Waals surface area contributed by atoms with E-state index in [1.165, 1.54) is 12.1 Å². The summed E-state index contributed by atoms with van der Waals surface area (Å²) in [4.78, 5) is 12.2. The number of nitro benzene ring substituents is 1. The number of halogens is 1. The fraction of sp³-hybridized carbons (Fsp3) is 0.571. The molecular weight excluding hydrogens is 277 g/mol. The van der Waals surface area contributed by atoms with E-state index in [-0.39, 0.29) is 5.69 Å². The number of nitro groups is 1. The Balaban J connectivity index is 2.19. The van der Waals surface area contributed by atoms with Crippen LogP contribution in [0.2, 0.25) is 0 Å². The molecule has 21 heavy (non-hydrogen) atoms. The van der Waals surface area contributed by atoms with Gasteiger partial charge in [-0.15, -0.1) is 0 Å². The standard InChI is InChI=1S/C14H20FN3O3/c1-21-6-5-17(10-12-3-2-4-16-12)13-7-11(15)8-14(9-13)18(19)20/h7-9,12,16H,2-6,10H2,1H3. The minimum Gasteiger partial charge on any atom is -0.383 e. The maximum atomic E-state index is 13.6. The summed E-state index contributed by atoms with van der Waals surface area (Å²) in [7, 11) is 1.60. The number of nitrogens with one attached hydrogen (secondary N) is 1. The first-order valence-corrected chi connectivity index (χ1v) is 7.02. The van der Waals surface area contributed by atoms with Gasteiger partial charge in [-0.1, -0.05) is 0 Å². The first-order valence-electron chi connectivity index (χ1n) is 7.02. The molecular formula is C14H20FN3O3. The molecule has 7 heteroatoms. The Kier molecular flexibility index (Phi) is 5.46. The van der Waals surface area contributed by atoms with Crippen LogP contribution < -0.4 is 10.2 Å². The van der Waals surface area contributed by atoms with Crippen LogP contribution in [0, 0.1) is 15.9 Å². The lowest BCUT2D eigenvalue weighted by Gasteiger charge is -2.27. The smallest absolute Gasteiger partial charge is 0.274 e. The number of non-ortho nitro benzene ring substituents is 1. The maximum Gasteiger partial charge on any atom is 0.274 e. The molecule has 0 spiro atoms. The largest absolute Gasteiger partial charge is 0.383 e. The Morgan fingerprint density at radius 3 is 2.95 bits per heavy atom. The van der Waals surface area contributed by atoms with Gasteiger partial charge in [-0.3, -0.25) is 10.1 Å². The highest BCUT2D eigenvalue weighted by atomic mass is 19.1. The van der Waals surface area contributed by atoms with E-state index < -0.39 is 10.7 Å². The summed E-state index contributed by atoms with van der Waals surface area (Å²) in [5, 5.41) is 14.2. The third kappa shape index (κ3) is 4.37. The molecule has 1 fully saturated rings. The topological polar surface area (TPSA) is 67.6 Å². The predicted octanol–water partition coefficient (Wildman–Crippen LogP) is 1.94. The Labute approximate surface area is 123 Å². The summed E-state index contributed by atoms with van der Waals surface area (Å²) >= 11 is 0. The van der Waals surface area contributed by atoms with Gasteiger partial charge in [0, 0.05) is 38.0 Å². The summed E-state index contributed by atoms with van der Waals surface area (Å²) in [6, 6.07) is 4.00. The summed E-state index contributed by atoms with van der Waals surface area (Å²) in [5.74, 6) is -0.596. The normalized spacial score (nSPS) is 17.9.